The van der Waals surface area contributed by atoms with E-state index in [1.165, 1.54) is 0 Å². The highest BCUT2D eigenvalue weighted by molar-refractivity contribution is 5.97. The second-order valence-corrected chi connectivity index (χ2v) is 6.29. The lowest BCUT2D eigenvalue weighted by Crippen LogP contribution is -2.52. The second-order valence-electron chi connectivity index (χ2n) is 6.29. The Balaban J connectivity index is 1.88. The van der Waals surface area contributed by atoms with E-state index in [1.807, 2.05) is 25.4 Å². The Labute approximate surface area is 140 Å². The molecule has 0 spiro atoms. The molecule has 0 radical (unpaired) electrons. The van der Waals surface area contributed by atoms with Gasteiger partial charge in [-0.3, -0.25) is 14.8 Å². The summed E-state index contributed by atoms with van der Waals surface area (Å²) < 4.78 is 1.77. The number of rotatable bonds is 5. The molecule has 0 aromatic carbocycles. The molecule has 1 heterocycles. The molecule has 24 heavy (non-hydrogen) atoms. The van der Waals surface area contributed by atoms with Gasteiger partial charge in [-0.2, -0.15) is 0 Å². The van der Waals surface area contributed by atoms with Crippen LogP contribution in [0.25, 0.3) is 0 Å². The maximum absolute atomic E-state index is 12.6. The highest BCUT2D eigenvalue weighted by Crippen LogP contribution is 2.47. The fourth-order valence-corrected chi connectivity index (χ4v) is 3.49. The third kappa shape index (κ3) is 2.59. The molecule has 0 fully saturated rings. The second kappa shape index (κ2) is 6.13. The molecule has 1 aromatic heterocycles. The van der Waals surface area contributed by atoms with Crippen molar-refractivity contribution in [1.82, 2.24) is 15.4 Å². The van der Waals surface area contributed by atoms with E-state index in [1.54, 1.807) is 28.3 Å². The Morgan fingerprint density at radius 2 is 2.17 bits per heavy atom. The number of carbonyl (C=O) groups is 2. The Hall–Kier alpha value is -2.60. The number of nitrogens with one attached hydrogen (secondary N) is 2. The summed E-state index contributed by atoms with van der Waals surface area (Å²) in [6.45, 7) is 2.09. The monoisotopic (exact) mass is 327 g/mol. The number of hydrogen-bond acceptors (Lipinski definition) is 3. The summed E-state index contributed by atoms with van der Waals surface area (Å²) in [5.41, 5.74) is 3.21. The van der Waals surface area contributed by atoms with Crippen LogP contribution in [0.5, 0.6) is 0 Å². The van der Waals surface area contributed by atoms with Gasteiger partial charge in [-0.25, -0.2) is 5.48 Å². The van der Waals surface area contributed by atoms with Crippen LogP contribution >= 0.6 is 0 Å². The summed E-state index contributed by atoms with van der Waals surface area (Å²) in [5.74, 6) is -0.700. The minimum Gasteiger partial charge on any atom is -0.347 e. The summed E-state index contributed by atoms with van der Waals surface area (Å²) in [5, 5.41) is 11.9. The molecular weight excluding hydrogens is 306 g/mol. The fourth-order valence-electron chi connectivity index (χ4n) is 3.49. The van der Waals surface area contributed by atoms with Crippen molar-refractivity contribution >= 4 is 11.8 Å². The molecule has 6 heteroatoms. The number of aromatic nitrogens is 1. The molecule has 3 N–H and O–H groups in total. The van der Waals surface area contributed by atoms with Gasteiger partial charge in [0.25, 0.3) is 11.8 Å². The third-order valence-corrected chi connectivity index (χ3v) is 4.70. The lowest BCUT2D eigenvalue weighted by Gasteiger charge is -2.45. The molecule has 3 rings (SSSR count). The molecule has 2 amide bonds. The number of hydrogen-bond donors (Lipinski definition) is 3. The van der Waals surface area contributed by atoms with Crippen LogP contribution in [0.4, 0.5) is 0 Å². The van der Waals surface area contributed by atoms with Crippen LogP contribution in [0.3, 0.4) is 0 Å². The minimum atomic E-state index is -0.557. The predicted molar refractivity (Wildman–Crippen MR) is 89.2 cm³/mol. The van der Waals surface area contributed by atoms with Crippen LogP contribution in [0.15, 0.2) is 53.8 Å². The SMILES string of the molecule is CCCC12C=CC(C(=O)NO)=CC(=C1)C2NC(=O)c1cccn1C. The van der Waals surface area contributed by atoms with E-state index in [4.69, 9.17) is 5.21 Å². The van der Waals surface area contributed by atoms with Gasteiger partial charge in [0.1, 0.15) is 5.69 Å². The zero-order chi connectivity index (χ0) is 17.3. The van der Waals surface area contributed by atoms with Crippen LogP contribution in [0, 0.1) is 5.41 Å². The average molecular weight is 327 g/mol. The van der Waals surface area contributed by atoms with Gasteiger partial charge < -0.3 is 9.88 Å². The predicted octanol–water partition coefficient (Wildman–Crippen LogP) is 1.85. The number of aryl methyl sites for hydroxylation is 1. The maximum Gasteiger partial charge on any atom is 0.274 e. The van der Waals surface area contributed by atoms with Gasteiger partial charge in [0, 0.05) is 24.2 Å². The van der Waals surface area contributed by atoms with Crippen molar-refractivity contribution in [2.45, 2.75) is 25.8 Å². The van der Waals surface area contributed by atoms with Gasteiger partial charge >= 0.3 is 0 Å². The van der Waals surface area contributed by atoms with Crippen molar-refractivity contribution in [1.29, 1.82) is 0 Å². The van der Waals surface area contributed by atoms with Crippen LogP contribution in [0.2, 0.25) is 0 Å². The minimum absolute atomic E-state index is 0.143. The molecule has 0 saturated carbocycles. The molecule has 2 bridgehead atoms. The van der Waals surface area contributed by atoms with Crippen LogP contribution in [0.1, 0.15) is 30.3 Å². The zero-order valence-electron chi connectivity index (χ0n) is 13.7. The fraction of sp³-hybridized carbons (Fsp3) is 0.333. The van der Waals surface area contributed by atoms with E-state index in [0.717, 1.165) is 18.4 Å². The molecule has 6 nitrogen and oxygen atoms in total. The third-order valence-electron chi connectivity index (χ3n) is 4.70. The Bertz CT molecular complexity index is 772. The van der Waals surface area contributed by atoms with Gasteiger partial charge in [0.05, 0.1) is 6.04 Å². The van der Waals surface area contributed by atoms with Crippen molar-refractivity contribution in [3.63, 3.8) is 0 Å². The number of amides is 2. The van der Waals surface area contributed by atoms with Crippen molar-refractivity contribution in [2.24, 2.45) is 12.5 Å². The Morgan fingerprint density at radius 3 is 2.79 bits per heavy atom. The number of nitrogens with zero attached hydrogens (tertiary/aromatic N) is 1. The molecule has 0 aliphatic heterocycles. The topological polar surface area (TPSA) is 83.4 Å². The molecule has 126 valence electrons. The quantitative estimate of drug-likeness (QED) is 0.570. The summed E-state index contributed by atoms with van der Waals surface area (Å²) >= 11 is 0. The van der Waals surface area contributed by atoms with Crippen molar-refractivity contribution in [3.05, 3.63) is 59.5 Å². The van der Waals surface area contributed by atoms with Gasteiger partial charge in [-0.1, -0.05) is 31.6 Å². The Kier molecular flexibility index (Phi) is 4.15. The molecule has 2 aliphatic carbocycles. The van der Waals surface area contributed by atoms with Crippen molar-refractivity contribution < 1.29 is 14.8 Å². The summed E-state index contributed by atoms with van der Waals surface area (Å²) in [6.07, 6.45) is 11.1. The smallest absolute Gasteiger partial charge is 0.274 e. The zero-order valence-corrected chi connectivity index (χ0v) is 13.7. The molecular formula is C18H21N3O3. The first kappa shape index (κ1) is 16.3. The first-order valence-electron chi connectivity index (χ1n) is 8.01. The summed E-state index contributed by atoms with van der Waals surface area (Å²) in [7, 11) is 1.83. The van der Waals surface area contributed by atoms with E-state index < -0.39 is 5.91 Å². The molecule has 1 aromatic rings. The average Bonchev–Trinajstić information content (AvgIpc) is 2.82. The first-order valence-corrected chi connectivity index (χ1v) is 8.01. The van der Waals surface area contributed by atoms with Gasteiger partial charge in [0.2, 0.25) is 0 Å². The molecule has 2 unspecified atom stereocenters. The maximum atomic E-state index is 12.6. The Morgan fingerprint density at radius 1 is 1.38 bits per heavy atom. The molecule has 0 saturated heterocycles. The van der Waals surface area contributed by atoms with E-state index in [9.17, 15) is 9.59 Å². The van der Waals surface area contributed by atoms with Crippen LogP contribution < -0.4 is 10.8 Å². The van der Waals surface area contributed by atoms with Crippen molar-refractivity contribution in [2.75, 3.05) is 0 Å². The largest absolute Gasteiger partial charge is 0.347 e. The normalized spacial score (nSPS) is 24.4. The highest BCUT2D eigenvalue weighted by atomic mass is 16.5. The van der Waals surface area contributed by atoms with E-state index in [-0.39, 0.29) is 17.4 Å². The van der Waals surface area contributed by atoms with Gasteiger partial charge in [0.15, 0.2) is 0 Å². The highest BCUT2D eigenvalue weighted by Gasteiger charge is 2.46. The lowest BCUT2D eigenvalue weighted by molar-refractivity contribution is -0.124. The summed E-state index contributed by atoms with van der Waals surface area (Å²) in [4.78, 5) is 24.3. The van der Waals surface area contributed by atoms with Crippen LogP contribution in [-0.4, -0.2) is 27.6 Å². The molecule has 2 atom stereocenters. The molecule has 2 aliphatic rings. The van der Waals surface area contributed by atoms with Crippen LogP contribution in [-0.2, 0) is 11.8 Å². The first-order chi connectivity index (χ1) is 11.5. The van der Waals surface area contributed by atoms with Gasteiger partial charge in [-0.15, -0.1) is 0 Å². The standard InChI is InChI=1S/C18H21N3O3/c1-3-7-18-8-6-12(16(22)20-24)10-13(11-18)15(18)19-17(23)14-5-4-9-21(14)2/h4-6,8-11,15,24H,3,7H2,1-2H3,(H,19,23)(H,20,22). The number of fused-ring (bicyclic) bond motifs is 1. The van der Waals surface area contributed by atoms with E-state index in [0.29, 0.717) is 11.3 Å². The van der Waals surface area contributed by atoms with E-state index in [2.05, 4.69) is 18.3 Å². The number of hydroxylamine groups is 1. The number of carbonyl (C=O) groups excluding carboxylic acids is 2. The van der Waals surface area contributed by atoms with Crippen molar-refractivity contribution in [3.8, 4) is 0 Å². The summed E-state index contributed by atoms with van der Waals surface area (Å²) in [6, 6.07) is 3.42. The van der Waals surface area contributed by atoms with E-state index >= 15 is 0 Å². The van der Waals surface area contributed by atoms with Gasteiger partial charge in [-0.05, 0) is 30.2 Å². The lowest BCUT2D eigenvalue weighted by atomic mass is 9.64.